The third-order valence-electron chi connectivity index (χ3n) is 2.12. The van der Waals surface area contributed by atoms with Crippen LogP contribution in [0.25, 0.3) is 0 Å². The Bertz CT molecular complexity index is 316. The van der Waals surface area contributed by atoms with Crippen molar-refractivity contribution >= 4 is 31.9 Å². The van der Waals surface area contributed by atoms with Crippen LogP contribution in [0.3, 0.4) is 0 Å². The fourth-order valence-corrected chi connectivity index (χ4v) is 2.70. The highest BCUT2D eigenvalue weighted by Gasteiger charge is 2.18. The van der Waals surface area contributed by atoms with Crippen molar-refractivity contribution in [3.05, 3.63) is 26.6 Å². The molecule has 3 N–H and O–H groups in total. The summed E-state index contributed by atoms with van der Waals surface area (Å²) >= 11 is 6.70. The van der Waals surface area contributed by atoms with Gasteiger partial charge in [-0.15, -0.1) is 0 Å². The van der Waals surface area contributed by atoms with Crippen molar-refractivity contribution in [2.45, 2.75) is 19.9 Å². The van der Waals surface area contributed by atoms with Gasteiger partial charge in [-0.25, -0.2) is 0 Å². The van der Waals surface area contributed by atoms with Crippen molar-refractivity contribution in [1.29, 1.82) is 0 Å². The highest BCUT2D eigenvalue weighted by atomic mass is 79.9. The summed E-state index contributed by atoms with van der Waals surface area (Å²) < 4.78 is 1.67. The third kappa shape index (κ3) is 2.49. The average Bonchev–Trinajstić information content (AvgIpc) is 2.01. The average molecular weight is 323 g/mol. The summed E-state index contributed by atoms with van der Waals surface area (Å²) in [5.74, 6) is 0.519. The fourth-order valence-electron chi connectivity index (χ4n) is 1.23. The molecular weight excluding hydrogens is 310 g/mol. The molecule has 14 heavy (non-hydrogen) atoms. The third-order valence-corrected chi connectivity index (χ3v) is 3.24. The van der Waals surface area contributed by atoms with Crippen LogP contribution in [0.4, 0.5) is 0 Å². The van der Waals surface area contributed by atoms with Gasteiger partial charge in [-0.3, -0.25) is 0 Å². The molecule has 0 fully saturated rings. The van der Waals surface area contributed by atoms with Gasteiger partial charge in [0, 0.05) is 20.6 Å². The van der Waals surface area contributed by atoms with Crippen LogP contribution in [0.5, 0.6) is 5.75 Å². The van der Waals surface area contributed by atoms with E-state index in [2.05, 4.69) is 31.9 Å². The van der Waals surface area contributed by atoms with Gasteiger partial charge in [-0.1, -0.05) is 45.7 Å². The topological polar surface area (TPSA) is 46.2 Å². The van der Waals surface area contributed by atoms with Crippen molar-refractivity contribution < 1.29 is 5.11 Å². The largest absolute Gasteiger partial charge is 0.508 e. The van der Waals surface area contributed by atoms with Crippen molar-refractivity contribution in [2.75, 3.05) is 0 Å². The van der Waals surface area contributed by atoms with Crippen LogP contribution >= 0.6 is 31.9 Å². The molecule has 0 spiro atoms. The summed E-state index contributed by atoms with van der Waals surface area (Å²) in [6.07, 6.45) is 0. The molecule has 4 heteroatoms. The van der Waals surface area contributed by atoms with Gasteiger partial charge in [-0.05, 0) is 18.1 Å². The van der Waals surface area contributed by atoms with Gasteiger partial charge >= 0.3 is 0 Å². The normalized spacial score (nSPS) is 13.3. The predicted molar refractivity (Wildman–Crippen MR) is 65.3 cm³/mol. The Morgan fingerprint density at radius 3 is 2.29 bits per heavy atom. The van der Waals surface area contributed by atoms with E-state index in [-0.39, 0.29) is 11.8 Å². The lowest BCUT2D eigenvalue weighted by atomic mass is 9.96. The molecule has 0 bridgehead atoms. The number of halogens is 2. The van der Waals surface area contributed by atoms with Crippen LogP contribution in [0.2, 0.25) is 0 Å². The minimum Gasteiger partial charge on any atom is -0.508 e. The van der Waals surface area contributed by atoms with Crippen molar-refractivity contribution in [1.82, 2.24) is 0 Å². The molecule has 1 aromatic rings. The highest BCUT2D eigenvalue weighted by molar-refractivity contribution is 9.11. The number of rotatable bonds is 2. The molecule has 1 rings (SSSR count). The first-order valence-corrected chi connectivity index (χ1v) is 5.95. The van der Waals surface area contributed by atoms with Crippen LogP contribution < -0.4 is 5.73 Å². The van der Waals surface area contributed by atoms with Gasteiger partial charge in [-0.2, -0.15) is 0 Å². The van der Waals surface area contributed by atoms with E-state index in [1.165, 1.54) is 0 Å². The minimum atomic E-state index is -0.155. The monoisotopic (exact) mass is 321 g/mol. The molecule has 1 aromatic carbocycles. The summed E-state index contributed by atoms with van der Waals surface area (Å²) in [7, 11) is 0. The number of benzene rings is 1. The zero-order valence-electron chi connectivity index (χ0n) is 8.09. The van der Waals surface area contributed by atoms with Crippen molar-refractivity contribution in [2.24, 2.45) is 11.7 Å². The summed E-state index contributed by atoms with van der Waals surface area (Å²) in [5, 5.41) is 9.75. The molecule has 0 saturated carbocycles. The van der Waals surface area contributed by atoms with Crippen LogP contribution in [0.15, 0.2) is 21.1 Å². The molecule has 78 valence electrons. The number of hydrogen-bond donors (Lipinski definition) is 2. The molecule has 0 saturated heterocycles. The second-order valence-corrected chi connectivity index (χ2v) is 5.36. The van der Waals surface area contributed by atoms with E-state index in [9.17, 15) is 5.11 Å². The van der Waals surface area contributed by atoms with Crippen molar-refractivity contribution in [3.63, 3.8) is 0 Å². The molecule has 0 unspecified atom stereocenters. The molecular formula is C10H13Br2NO. The number of phenolic OH excluding ortho intramolecular Hbond substituents is 1. The maximum absolute atomic E-state index is 9.75. The first-order valence-electron chi connectivity index (χ1n) is 4.37. The van der Waals surface area contributed by atoms with Crippen LogP contribution in [-0.2, 0) is 0 Å². The molecule has 0 heterocycles. The van der Waals surface area contributed by atoms with E-state index in [1.54, 1.807) is 6.07 Å². The second kappa shape index (κ2) is 4.64. The van der Waals surface area contributed by atoms with E-state index >= 15 is 0 Å². The quantitative estimate of drug-likeness (QED) is 0.874. The van der Waals surface area contributed by atoms with Gasteiger partial charge in [0.1, 0.15) is 5.75 Å². The summed E-state index contributed by atoms with van der Waals surface area (Å²) in [5.41, 5.74) is 6.75. The molecule has 0 aliphatic rings. The number of phenols is 1. The number of nitrogens with two attached hydrogens (primary N) is 1. The first-order chi connectivity index (χ1) is 6.43. The molecule has 0 radical (unpaired) electrons. The van der Waals surface area contributed by atoms with Gasteiger partial charge in [0.25, 0.3) is 0 Å². The van der Waals surface area contributed by atoms with Gasteiger partial charge < -0.3 is 10.8 Å². The van der Waals surface area contributed by atoms with Crippen LogP contribution in [-0.4, -0.2) is 5.11 Å². The smallest absolute Gasteiger partial charge is 0.122 e. The van der Waals surface area contributed by atoms with Gasteiger partial charge in [0.15, 0.2) is 0 Å². The molecule has 0 aliphatic carbocycles. The maximum atomic E-state index is 9.75. The van der Waals surface area contributed by atoms with Crippen LogP contribution in [0, 0.1) is 5.92 Å². The molecule has 2 nitrogen and oxygen atoms in total. The Labute approximate surface area is 101 Å². The van der Waals surface area contributed by atoms with Gasteiger partial charge in [0.2, 0.25) is 0 Å². The Morgan fingerprint density at radius 2 is 1.86 bits per heavy atom. The lowest BCUT2D eigenvalue weighted by Crippen LogP contribution is -2.17. The Balaban J connectivity index is 3.20. The molecule has 0 aromatic heterocycles. The van der Waals surface area contributed by atoms with Crippen molar-refractivity contribution in [3.8, 4) is 5.75 Å². The Morgan fingerprint density at radius 1 is 1.29 bits per heavy atom. The first kappa shape index (κ1) is 12.0. The lowest BCUT2D eigenvalue weighted by molar-refractivity contribution is 0.438. The fraction of sp³-hybridized carbons (Fsp3) is 0.400. The van der Waals surface area contributed by atoms with Crippen LogP contribution in [0.1, 0.15) is 25.5 Å². The number of hydrogen-bond acceptors (Lipinski definition) is 2. The Kier molecular flexibility index (Phi) is 3.98. The zero-order valence-corrected chi connectivity index (χ0v) is 11.3. The van der Waals surface area contributed by atoms with E-state index in [4.69, 9.17) is 5.73 Å². The zero-order chi connectivity index (χ0) is 10.9. The number of aromatic hydroxyl groups is 1. The summed E-state index contributed by atoms with van der Waals surface area (Å²) in [6, 6.07) is 3.39. The highest BCUT2D eigenvalue weighted by Crippen LogP contribution is 2.36. The predicted octanol–water partition coefficient (Wildman–Crippen LogP) is 3.57. The van der Waals surface area contributed by atoms with E-state index in [0.29, 0.717) is 5.92 Å². The minimum absolute atomic E-state index is 0.155. The van der Waals surface area contributed by atoms with Gasteiger partial charge in [0.05, 0.1) is 0 Å². The van der Waals surface area contributed by atoms with E-state index < -0.39 is 0 Å². The maximum Gasteiger partial charge on any atom is 0.122 e. The van der Waals surface area contributed by atoms with E-state index in [1.807, 2.05) is 19.9 Å². The Hall–Kier alpha value is -0.0600. The summed E-state index contributed by atoms with van der Waals surface area (Å²) in [6.45, 7) is 4.05. The lowest BCUT2D eigenvalue weighted by Gasteiger charge is -2.19. The molecule has 0 aliphatic heterocycles. The standard InChI is InChI=1S/C10H13Br2NO/c1-5(2)10(13)9-7(12)3-6(11)4-8(9)14/h3-5,10,14H,13H2,1-2H3/t10-/m1/s1. The molecule has 1 atom stereocenters. The SMILES string of the molecule is CC(C)[C@@H](N)c1c(O)cc(Br)cc1Br. The van der Waals surface area contributed by atoms with E-state index in [0.717, 1.165) is 14.5 Å². The summed E-state index contributed by atoms with van der Waals surface area (Å²) in [4.78, 5) is 0. The second-order valence-electron chi connectivity index (χ2n) is 3.59. The molecule has 0 amide bonds.